The summed E-state index contributed by atoms with van der Waals surface area (Å²) in [6, 6.07) is 22.7. The Morgan fingerprint density at radius 3 is 2.12 bits per heavy atom. The maximum Gasteiger partial charge on any atom is 0.236 e. The monoisotopic (exact) mass is 477 g/mol. The lowest BCUT2D eigenvalue weighted by atomic mass is 10.2. The minimum absolute atomic E-state index is 0.0516. The minimum atomic E-state index is -3.98. The molecule has 0 radical (unpaired) electrons. The first-order chi connectivity index (χ1) is 16.4. The SMILES string of the molecule is Cc1ccc(S(=O)(=O)c2nc(-c3ccccc3F)oc2N2CCN(c3ccccc3)CC2)cc1. The minimum Gasteiger partial charge on any atom is -0.419 e. The third-order valence-corrected chi connectivity index (χ3v) is 7.63. The van der Waals surface area contributed by atoms with Gasteiger partial charge in [0.1, 0.15) is 5.82 Å². The quantitative estimate of drug-likeness (QED) is 0.405. The highest BCUT2D eigenvalue weighted by Gasteiger charge is 2.33. The largest absolute Gasteiger partial charge is 0.419 e. The molecule has 1 aliphatic heterocycles. The van der Waals surface area contributed by atoms with Gasteiger partial charge in [0.15, 0.2) is 0 Å². The Labute approximate surface area is 198 Å². The van der Waals surface area contributed by atoms with E-state index in [-0.39, 0.29) is 27.3 Å². The number of piperazine rings is 1. The number of aryl methyl sites for hydroxylation is 1. The summed E-state index contributed by atoms with van der Waals surface area (Å²) < 4.78 is 47.6. The van der Waals surface area contributed by atoms with Gasteiger partial charge in [0, 0.05) is 31.9 Å². The number of hydrogen-bond acceptors (Lipinski definition) is 6. The Bertz CT molecular complexity index is 1390. The molecule has 0 amide bonds. The number of oxazole rings is 1. The molecule has 0 aliphatic carbocycles. The smallest absolute Gasteiger partial charge is 0.236 e. The van der Waals surface area contributed by atoms with Gasteiger partial charge in [-0.05, 0) is 43.3 Å². The van der Waals surface area contributed by atoms with Crippen LogP contribution >= 0.6 is 0 Å². The first kappa shape index (κ1) is 22.2. The van der Waals surface area contributed by atoms with E-state index in [2.05, 4.69) is 9.88 Å². The first-order valence-electron chi connectivity index (χ1n) is 11.1. The van der Waals surface area contributed by atoms with Crippen LogP contribution in [0.1, 0.15) is 5.56 Å². The van der Waals surface area contributed by atoms with Crippen LogP contribution in [0.3, 0.4) is 0 Å². The van der Waals surface area contributed by atoms with E-state index in [0.29, 0.717) is 26.2 Å². The van der Waals surface area contributed by atoms with Crippen molar-refractivity contribution in [2.75, 3.05) is 36.0 Å². The highest BCUT2D eigenvalue weighted by molar-refractivity contribution is 7.91. The Hall–Kier alpha value is -3.65. The number of halogens is 1. The van der Waals surface area contributed by atoms with Crippen molar-refractivity contribution in [1.29, 1.82) is 0 Å². The van der Waals surface area contributed by atoms with Crippen molar-refractivity contribution in [3.05, 3.63) is 90.2 Å². The third kappa shape index (κ3) is 4.17. The maximum absolute atomic E-state index is 14.5. The van der Waals surface area contributed by atoms with Gasteiger partial charge >= 0.3 is 0 Å². The fourth-order valence-electron chi connectivity index (χ4n) is 4.06. The molecule has 0 bridgehead atoms. The normalized spacial score (nSPS) is 14.4. The summed E-state index contributed by atoms with van der Waals surface area (Å²) in [5.41, 5.74) is 2.18. The Morgan fingerprint density at radius 1 is 0.824 bits per heavy atom. The van der Waals surface area contributed by atoms with E-state index in [0.717, 1.165) is 11.3 Å². The summed E-state index contributed by atoms with van der Waals surface area (Å²) >= 11 is 0. The number of hydrogen-bond donors (Lipinski definition) is 0. The van der Waals surface area contributed by atoms with Crippen molar-refractivity contribution in [3.63, 3.8) is 0 Å². The molecule has 0 saturated carbocycles. The fraction of sp³-hybridized carbons (Fsp3) is 0.192. The van der Waals surface area contributed by atoms with Crippen LogP contribution in [0.2, 0.25) is 0 Å². The van der Waals surface area contributed by atoms with E-state index >= 15 is 0 Å². The van der Waals surface area contributed by atoms with Crippen molar-refractivity contribution in [3.8, 4) is 11.5 Å². The van der Waals surface area contributed by atoms with Crippen LogP contribution in [-0.2, 0) is 9.84 Å². The summed E-state index contributed by atoms with van der Waals surface area (Å²) in [4.78, 5) is 8.54. The summed E-state index contributed by atoms with van der Waals surface area (Å²) in [6.07, 6.45) is 0. The second kappa shape index (κ2) is 8.95. The molecule has 6 nitrogen and oxygen atoms in total. The molecule has 5 rings (SSSR count). The number of para-hydroxylation sites is 1. The standard InChI is InChI=1S/C26H24FN3O3S/c1-19-11-13-21(14-12-19)34(31,32)25-26(33-24(28-25)22-9-5-6-10-23(22)27)30-17-15-29(16-18-30)20-7-3-2-4-8-20/h2-14H,15-18H2,1H3. The molecule has 0 spiro atoms. The van der Waals surface area contributed by atoms with Crippen LogP contribution < -0.4 is 9.80 Å². The molecule has 34 heavy (non-hydrogen) atoms. The number of nitrogens with zero attached hydrogens (tertiary/aromatic N) is 3. The van der Waals surface area contributed by atoms with E-state index in [1.54, 1.807) is 36.4 Å². The zero-order valence-electron chi connectivity index (χ0n) is 18.7. The van der Waals surface area contributed by atoms with Crippen LogP contribution in [0.5, 0.6) is 0 Å². The van der Waals surface area contributed by atoms with E-state index in [1.807, 2.05) is 42.2 Å². The van der Waals surface area contributed by atoms with E-state index in [9.17, 15) is 12.8 Å². The summed E-state index contributed by atoms with van der Waals surface area (Å²) in [5.74, 6) is -0.431. The Balaban J connectivity index is 1.53. The highest BCUT2D eigenvalue weighted by Crippen LogP contribution is 2.36. The number of sulfone groups is 1. The van der Waals surface area contributed by atoms with Crippen molar-refractivity contribution in [1.82, 2.24) is 4.98 Å². The van der Waals surface area contributed by atoms with Crippen molar-refractivity contribution >= 4 is 21.4 Å². The molecular weight excluding hydrogens is 453 g/mol. The van der Waals surface area contributed by atoms with Crippen molar-refractivity contribution in [2.24, 2.45) is 0 Å². The zero-order valence-corrected chi connectivity index (χ0v) is 19.5. The van der Waals surface area contributed by atoms with Gasteiger partial charge in [-0.3, -0.25) is 0 Å². The molecule has 0 atom stereocenters. The summed E-state index contributed by atoms with van der Waals surface area (Å²) in [7, 11) is -3.98. The lowest BCUT2D eigenvalue weighted by Crippen LogP contribution is -2.46. The molecule has 8 heteroatoms. The number of anilines is 2. The van der Waals surface area contributed by atoms with Crippen LogP contribution in [0.15, 0.2) is 93.2 Å². The first-order valence-corrected chi connectivity index (χ1v) is 12.5. The lowest BCUT2D eigenvalue weighted by molar-refractivity contribution is 0.521. The van der Waals surface area contributed by atoms with Crippen LogP contribution in [-0.4, -0.2) is 39.6 Å². The van der Waals surface area contributed by atoms with Gasteiger partial charge in [-0.2, -0.15) is 4.98 Å². The molecular formula is C26H24FN3O3S. The Morgan fingerprint density at radius 2 is 1.44 bits per heavy atom. The van der Waals surface area contributed by atoms with Crippen molar-refractivity contribution < 1.29 is 17.2 Å². The van der Waals surface area contributed by atoms with Gasteiger partial charge in [-0.15, -0.1) is 0 Å². The average Bonchev–Trinajstić information content (AvgIpc) is 3.31. The predicted octanol–water partition coefficient (Wildman–Crippen LogP) is 4.95. The third-order valence-electron chi connectivity index (χ3n) is 5.96. The van der Waals surface area contributed by atoms with E-state index in [4.69, 9.17) is 4.42 Å². The number of rotatable bonds is 5. The van der Waals surface area contributed by atoms with Gasteiger partial charge < -0.3 is 14.2 Å². The molecule has 0 unspecified atom stereocenters. The highest BCUT2D eigenvalue weighted by atomic mass is 32.2. The molecule has 4 aromatic rings. The molecule has 1 aromatic heterocycles. The zero-order chi connectivity index (χ0) is 23.7. The molecule has 1 saturated heterocycles. The second-order valence-corrected chi connectivity index (χ2v) is 10.1. The molecule has 1 fully saturated rings. The number of aromatic nitrogens is 1. The van der Waals surface area contributed by atoms with Gasteiger partial charge in [0.2, 0.25) is 26.6 Å². The van der Waals surface area contributed by atoms with Crippen LogP contribution in [0.25, 0.3) is 11.5 Å². The topological polar surface area (TPSA) is 66.7 Å². The summed E-state index contributed by atoms with van der Waals surface area (Å²) in [6.45, 7) is 4.34. The van der Waals surface area contributed by atoms with Crippen LogP contribution in [0.4, 0.5) is 16.0 Å². The van der Waals surface area contributed by atoms with Gasteiger partial charge in [-0.25, -0.2) is 12.8 Å². The average molecular weight is 478 g/mol. The van der Waals surface area contributed by atoms with Crippen LogP contribution in [0, 0.1) is 12.7 Å². The molecule has 3 aromatic carbocycles. The van der Waals surface area contributed by atoms with Crippen molar-refractivity contribution in [2.45, 2.75) is 16.8 Å². The van der Waals surface area contributed by atoms with E-state index in [1.165, 1.54) is 12.1 Å². The summed E-state index contributed by atoms with van der Waals surface area (Å²) in [5, 5.41) is -0.192. The number of benzene rings is 3. The Kier molecular flexibility index (Phi) is 5.83. The predicted molar refractivity (Wildman–Crippen MR) is 129 cm³/mol. The van der Waals surface area contributed by atoms with E-state index < -0.39 is 15.7 Å². The maximum atomic E-state index is 14.5. The second-order valence-electron chi connectivity index (χ2n) is 8.24. The molecule has 174 valence electrons. The molecule has 1 aliphatic rings. The van der Waals surface area contributed by atoms with Gasteiger partial charge in [0.25, 0.3) is 0 Å². The molecule has 0 N–H and O–H groups in total. The lowest BCUT2D eigenvalue weighted by Gasteiger charge is -2.36. The van der Waals surface area contributed by atoms with Gasteiger partial charge in [0.05, 0.1) is 10.5 Å². The fourth-order valence-corrected chi connectivity index (χ4v) is 5.38. The van der Waals surface area contributed by atoms with Gasteiger partial charge in [-0.1, -0.05) is 48.0 Å². The molecule has 2 heterocycles.